The van der Waals surface area contributed by atoms with Crippen LogP contribution in [0.25, 0.3) is 0 Å². The molecular formula is C16H20O3. The molecule has 1 aliphatic carbocycles. The lowest BCUT2D eigenvalue weighted by molar-refractivity contribution is -0.00831. The van der Waals surface area contributed by atoms with E-state index in [0.29, 0.717) is 17.2 Å². The molecule has 3 nitrogen and oxygen atoms in total. The van der Waals surface area contributed by atoms with Gasteiger partial charge in [0.05, 0.1) is 5.56 Å². The fraction of sp³-hybridized carbons (Fsp3) is 0.562. The van der Waals surface area contributed by atoms with E-state index in [1.54, 1.807) is 6.92 Å². The normalized spacial score (nSPS) is 28.7. The van der Waals surface area contributed by atoms with Crippen molar-refractivity contribution < 1.29 is 9.15 Å². The Labute approximate surface area is 113 Å². The van der Waals surface area contributed by atoms with Crippen LogP contribution in [-0.4, -0.2) is 5.60 Å². The Morgan fingerprint density at radius 1 is 1.37 bits per heavy atom. The van der Waals surface area contributed by atoms with Crippen LogP contribution >= 0.6 is 0 Å². The Hall–Kier alpha value is -1.51. The maximum Gasteiger partial charge on any atom is 0.343 e. The fourth-order valence-electron chi connectivity index (χ4n) is 3.28. The Morgan fingerprint density at radius 3 is 2.79 bits per heavy atom. The molecule has 19 heavy (non-hydrogen) atoms. The molecule has 0 saturated heterocycles. The molecule has 1 aromatic rings. The second kappa shape index (κ2) is 3.99. The Bertz CT molecular complexity index is 609. The summed E-state index contributed by atoms with van der Waals surface area (Å²) < 4.78 is 11.5. The number of rotatable bonds is 1. The van der Waals surface area contributed by atoms with Crippen molar-refractivity contribution in [2.24, 2.45) is 5.92 Å². The van der Waals surface area contributed by atoms with Gasteiger partial charge in [-0.05, 0) is 26.2 Å². The maximum absolute atomic E-state index is 12.1. The van der Waals surface area contributed by atoms with E-state index in [-0.39, 0.29) is 17.1 Å². The minimum absolute atomic E-state index is 0.150. The van der Waals surface area contributed by atoms with Crippen LogP contribution in [0.3, 0.4) is 0 Å². The number of hydrogen-bond donors (Lipinski definition) is 0. The molecule has 0 radical (unpaired) electrons. The van der Waals surface area contributed by atoms with Gasteiger partial charge in [0.1, 0.15) is 17.1 Å². The summed E-state index contributed by atoms with van der Waals surface area (Å²) in [5.74, 6) is 1.91. The van der Waals surface area contributed by atoms with Crippen LogP contribution in [0.2, 0.25) is 0 Å². The molecule has 2 atom stereocenters. The van der Waals surface area contributed by atoms with Crippen molar-refractivity contribution in [3.63, 3.8) is 0 Å². The van der Waals surface area contributed by atoms with Crippen LogP contribution in [0.1, 0.15) is 50.9 Å². The minimum Gasteiger partial charge on any atom is -0.486 e. The first-order valence-electron chi connectivity index (χ1n) is 6.93. The van der Waals surface area contributed by atoms with Gasteiger partial charge in [0, 0.05) is 18.4 Å². The Balaban J connectivity index is 2.23. The molecule has 0 N–H and O–H groups in total. The second-order valence-electron chi connectivity index (χ2n) is 6.15. The van der Waals surface area contributed by atoms with Crippen molar-refractivity contribution in [3.05, 3.63) is 39.5 Å². The molecule has 1 aromatic heterocycles. The summed E-state index contributed by atoms with van der Waals surface area (Å²) in [6.45, 7) is 8.27. The summed E-state index contributed by atoms with van der Waals surface area (Å²) in [6, 6.07) is 1.86. The standard InChI is InChI=1S/C16H20O3/c1-9(2)16-6-5-10(3)12(8-16)14-13(19-16)7-11(4)18-15(14)17/h5,7,9,12H,6,8H2,1-4H3/t12-,16-/m1/s1. The summed E-state index contributed by atoms with van der Waals surface area (Å²) in [5, 5.41) is 0. The molecule has 1 aliphatic heterocycles. The SMILES string of the molecule is CC1=CC[C@]2(C(C)C)C[C@H]1c1c(cc(C)oc1=O)O2. The van der Waals surface area contributed by atoms with E-state index in [2.05, 4.69) is 26.8 Å². The van der Waals surface area contributed by atoms with Crippen molar-refractivity contribution >= 4 is 0 Å². The monoisotopic (exact) mass is 260 g/mol. The Morgan fingerprint density at radius 2 is 2.11 bits per heavy atom. The van der Waals surface area contributed by atoms with Gasteiger partial charge in [-0.1, -0.05) is 25.5 Å². The molecule has 0 saturated carbocycles. The van der Waals surface area contributed by atoms with E-state index in [1.165, 1.54) is 5.57 Å². The highest BCUT2D eigenvalue weighted by Crippen LogP contribution is 2.50. The van der Waals surface area contributed by atoms with Crippen molar-refractivity contribution in [1.82, 2.24) is 0 Å². The predicted molar refractivity (Wildman–Crippen MR) is 73.6 cm³/mol. The van der Waals surface area contributed by atoms with Crippen molar-refractivity contribution in [3.8, 4) is 5.75 Å². The summed E-state index contributed by atoms with van der Waals surface area (Å²) in [4.78, 5) is 12.1. The molecule has 3 rings (SSSR count). The van der Waals surface area contributed by atoms with Gasteiger partial charge in [0.25, 0.3) is 0 Å². The van der Waals surface area contributed by atoms with Crippen molar-refractivity contribution in [2.75, 3.05) is 0 Å². The third-order valence-corrected chi connectivity index (χ3v) is 4.66. The number of ether oxygens (including phenoxy) is 1. The van der Waals surface area contributed by atoms with Gasteiger partial charge in [0.2, 0.25) is 0 Å². The summed E-state index contributed by atoms with van der Waals surface area (Å²) >= 11 is 0. The molecule has 3 heteroatoms. The summed E-state index contributed by atoms with van der Waals surface area (Å²) in [5.41, 5.74) is 1.55. The molecule has 0 spiro atoms. The predicted octanol–water partition coefficient (Wildman–Crippen LogP) is 3.56. The van der Waals surface area contributed by atoms with E-state index in [0.717, 1.165) is 18.6 Å². The van der Waals surface area contributed by atoms with Gasteiger partial charge < -0.3 is 9.15 Å². The molecule has 0 unspecified atom stereocenters. The largest absolute Gasteiger partial charge is 0.486 e. The van der Waals surface area contributed by atoms with Crippen molar-refractivity contribution in [1.29, 1.82) is 0 Å². The zero-order chi connectivity index (χ0) is 13.8. The van der Waals surface area contributed by atoms with Crippen LogP contribution in [0, 0.1) is 12.8 Å². The fourth-order valence-corrected chi connectivity index (χ4v) is 3.28. The molecule has 2 bridgehead atoms. The smallest absolute Gasteiger partial charge is 0.343 e. The molecule has 0 aromatic carbocycles. The van der Waals surface area contributed by atoms with Gasteiger partial charge in [-0.15, -0.1) is 0 Å². The third-order valence-electron chi connectivity index (χ3n) is 4.66. The highest BCUT2D eigenvalue weighted by Gasteiger charge is 2.47. The minimum atomic E-state index is -0.244. The average Bonchev–Trinajstić information content (AvgIpc) is 2.32. The number of fused-ring (bicyclic) bond motifs is 4. The lowest BCUT2D eigenvalue weighted by atomic mass is 9.69. The van der Waals surface area contributed by atoms with Gasteiger partial charge >= 0.3 is 5.63 Å². The first kappa shape index (κ1) is 12.5. The van der Waals surface area contributed by atoms with E-state index >= 15 is 0 Å². The lowest BCUT2D eigenvalue weighted by Crippen LogP contribution is -2.48. The third kappa shape index (κ3) is 1.75. The lowest BCUT2D eigenvalue weighted by Gasteiger charge is -2.47. The van der Waals surface area contributed by atoms with E-state index in [1.807, 2.05) is 6.07 Å². The quantitative estimate of drug-likeness (QED) is 0.725. The Kier molecular flexibility index (Phi) is 2.63. The van der Waals surface area contributed by atoms with Gasteiger partial charge in [0.15, 0.2) is 0 Å². The molecule has 102 valence electrons. The topological polar surface area (TPSA) is 39.4 Å². The van der Waals surface area contributed by atoms with E-state index in [4.69, 9.17) is 9.15 Å². The highest BCUT2D eigenvalue weighted by atomic mass is 16.5. The average molecular weight is 260 g/mol. The summed E-state index contributed by atoms with van der Waals surface area (Å²) in [7, 11) is 0. The van der Waals surface area contributed by atoms with Crippen LogP contribution in [0.4, 0.5) is 0 Å². The van der Waals surface area contributed by atoms with Gasteiger partial charge in [-0.3, -0.25) is 0 Å². The number of allylic oxidation sites excluding steroid dienone is 1. The van der Waals surface area contributed by atoms with Gasteiger partial charge in [-0.25, -0.2) is 4.79 Å². The molecular weight excluding hydrogens is 240 g/mol. The maximum atomic E-state index is 12.1. The highest BCUT2D eigenvalue weighted by molar-refractivity contribution is 5.44. The molecule has 2 heterocycles. The molecule has 0 fully saturated rings. The zero-order valence-electron chi connectivity index (χ0n) is 11.9. The van der Waals surface area contributed by atoms with Crippen LogP contribution in [-0.2, 0) is 0 Å². The number of aryl methyl sites for hydroxylation is 1. The van der Waals surface area contributed by atoms with Crippen LogP contribution in [0.5, 0.6) is 5.75 Å². The zero-order valence-corrected chi connectivity index (χ0v) is 11.9. The van der Waals surface area contributed by atoms with E-state index < -0.39 is 0 Å². The first-order chi connectivity index (χ1) is 8.93. The van der Waals surface area contributed by atoms with Crippen molar-refractivity contribution in [2.45, 2.75) is 52.1 Å². The number of hydrogen-bond acceptors (Lipinski definition) is 3. The molecule has 2 aliphatic rings. The molecule has 0 amide bonds. The first-order valence-corrected chi connectivity index (χ1v) is 6.93. The van der Waals surface area contributed by atoms with Crippen LogP contribution < -0.4 is 10.4 Å². The summed E-state index contributed by atoms with van der Waals surface area (Å²) in [6.07, 6.45) is 4.02. The van der Waals surface area contributed by atoms with Crippen LogP contribution in [0.15, 0.2) is 26.9 Å². The van der Waals surface area contributed by atoms with Gasteiger partial charge in [-0.2, -0.15) is 0 Å². The van der Waals surface area contributed by atoms with E-state index in [9.17, 15) is 4.79 Å². The second-order valence-corrected chi connectivity index (χ2v) is 6.15.